The summed E-state index contributed by atoms with van der Waals surface area (Å²) < 4.78 is 1.02. The van der Waals surface area contributed by atoms with E-state index in [0.717, 1.165) is 21.2 Å². The van der Waals surface area contributed by atoms with Crippen LogP contribution in [-0.2, 0) is 11.3 Å². The number of rotatable bonds is 5. The molecule has 0 aliphatic rings. The number of aliphatic carboxylic acids is 1. The first-order valence-electron chi connectivity index (χ1n) is 6.71. The van der Waals surface area contributed by atoms with Gasteiger partial charge in [0.15, 0.2) is 0 Å². The zero-order chi connectivity index (χ0) is 15.4. The van der Waals surface area contributed by atoms with Crippen LogP contribution in [-0.4, -0.2) is 23.0 Å². The summed E-state index contributed by atoms with van der Waals surface area (Å²) in [6.45, 7) is 2.57. The maximum atomic E-state index is 11.6. The van der Waals surface area contributed by atoms with Gasteiger partial charge in [-0.05, 0) is 37.2 Å². The van der Waals surface area contributed by atoms with Gasteiger partial charge in [-0.25, -0.2) is 0 Å². The van der Waals surface area contributed by atoms with Crippen LogP contribution >= 0.6 is 15.9 Å². The Bertz CT molecular complexity index is 608. The molecule has 110 valence electrons. The first-order valence-corrected chi connectivity index (χ1v) is 7.50. The third kappa shape index (κ3) is 4.16. The summed E-state index contributed by atoms with van der Waals surface area (Å²) in [5.74, 6) is -0.835. The molecule has 2 aromatic carbocycles. The van der Waals surface area contributed by atoms with E-state index >= 15 is 0 Å². The Hall–Kier alpha value is -1.65. The summed E-state index contributed by atoms with van der Waals surface area (Å²) in [7, 11) is 1.83. The van der Waals surface area contributed by atoms with Gasteiger partial charge in [0.25, 0.3) is 0 Å². The largest absolute Gasteiger partial charge is 0.480 e. The topological polar surface area (TPSA) is 40.5 Å². The first-order chi connectivity index (χ1) is 9.97. The van der Waals surface area contributed by atoms with Gasteiger partial charge in [0.2, 0.25) is 0 Å². The minimum atomic E-state index is -0.835. The molecule has 0 saturated heterocycles. The van der Waals surface area contributed by atoms with Crippen molar-refractivity contribution in [1.29, 1.82) is 0 Å². The average Bonchev–Trinajstić information content (AvgIpc) is 2.43. The molecule has 0 aromatic heterocycles. The maximum Gasteiger partial charge on any atom is 0.325 e. The van der Waals surface area contributed by atoms with Crippen molar-refractivity contribution in [2.75, 3.05) is 7.05 Å². The third-order valence-electron chi connectivity index (χ3n) is 3.41. The number of halogens is 1. The number of hydrogen-bond acceptors (Lipinski definition) is 2. The Labute approximate surface area is 133 Å². The van der Waals surface area contributed by atoms with E-state index in [9.17, 15) is 9.90 Å². The lowest BCUT2D eigenvalue weighted by Gasteiger charge is -2.25. The Balaban J connectivity index is 2.19. The maximum absolute atomic E-state index is 11.6. The highest BCUT2D eigenvalue weighted by Gasteiger charge is 2.24. The highest BCUT2D eigenvalue weighted by Crippen LogP contribution is 2.22. The molecular weight excluding hydrogens is 330 g/mol. The van der Waals surface area contributed by atoms with E-state index in [1.54, 1.807) is 0 Å². The van der Waals surface area contributed by atoms with E-state index in [4.69, 9.17) is 0 Å². The summed E-state index contributed by atoms with van der Waals surface area (Å²) in [5, 5.41) is 9.54. The van der Waals surface area contributed by atoms with Gasteiger partial charge in [-0.3, -0.25) is 9.69 Å². The number of nitrogens with zero attached hydrogens (tertiary/aromatic N) is 1. The quantitative estimate of drug-likeness (QED) is 0.887. The lowest BCUT2D eigenvalue weighted by atomic mass is 10.0. The SMILES string of the molecule is Cc1ccc([C@H](C(=O)O)N(C)Cc2ccc(Br)cc2)cc1. The van der Waals surface area contributed by atoms with Crippen LogP contribution in [0.3, 0.4) is 0 Å². The minimum absolute atomic E-state index is 0.581. The molecule has 2 rings (SSSR count). The normalized spacial score (nSPS) is 12.4. The second-order valence-electron chi connectivity index (χ2n) is 5.19. The Morgan fingerprint density at radius 2 is 1.71 bits per heavy atom. The molecule has 0 aliphatic heterocycles. The van der Waals surface area contributed by atoms with Gasteiger partial charge in [0.05, 0.1) is 0 Å². The molecule has 4 heteroatoms. The number of carboxylic acids is 1. The highest BCUT2D eigenvalue weighted by molar-refractivity contribution is 9.10. The molecule has 0 spiro atoms. The molecule has 21 heavy (non-hydrogen) atoms. The fraction of sp³-hybridized carbons (Fsp3) is 0.235. The van der Waals surface area contributed by atoms with E-state index in [1.165, 1.54) is 0 Å². The van der Waals surface area contributed by atoms with Crippen LogP contribution in [0, 0.1) is 6.92 Å². The predicted molar refractivity (Wildman–Crippen MR) is 87.2 cm³/mol. The molecule has 0 radical (unpaired) electrons. The number of carbonyl (C=O) groups is 1. The Morgan fingerprint density at radius 3 is 2.24 bits per heavy atom. The van der Waals surface area contributed by atoms with Crippen LogP contribution < -0.4 is 0 Å². The number of benzene rings is 2. The van der Waals surface area contributed by atoms with Gasteiger partial charge in [-0.15, -0.1) is 0 Å². The number of aryl methyl sites for hydroxylation is 1. The molecular formula is C17H18BrNO2. The molecule has 1 N–H and O–H groups in total. The summed E-state index contributed by atoms with van der Waals surface area (Å²) in [5.41, 5.74) is 3.00. The van der Waals surface area contributed by atoms with Crippen molar-refractivity contribution in [3.63, 3.8) is 0 Å². The van der Waals surface area contributed by atoms with Crippen molar-refractivity contribution in [2.45, 2.75) is 19.5 Å². The van der Waals surface area contributed by atoms with E-state index in [1.807, 2.05) is 67.4 Å². The predicted octanol–water partition coefficient (Wildman–Crippen LogP) is 4.02. The first kappa shape index (κ1) is 15.7. The molecule has 2 aromatic rings. The van der Waals surface area contributed by atoms with Crippen LogP contribution in [0.5, 0.6) is 0 Å². The van der Waals surface area contributed by atoms with Crippen molar-refractivity contribution in [3.8, 4) is 0 Å². The number of likely N-dealkylation sites (N-methyl/N-ethyl adjacent to an activating group) is 1. The summed E-state index contributed by atoms with van der Waals surface area (Å²) in [6, 6.07) is 14.9. The molecule has 0 amide bonds. The van der Waals surface area contributed by atoms with E-state index < -0.39 is 12.0 Å². The van der Waals surface area contributed by atoms with Crippen LogP contribution in [0.4, 0.5) is 0 Å². The molecule has 0 aliphatic carbocycles. The number of carboxylic acid groups (broad SMARTS) is 1. The lowest BCUT2D eigenvalue weighted by Crippen LogP contribution is -2.30. The van der Waals surface area contributed by atoms with Crippen molar-refractivity contribution in [2.24, 2.45) is 0 Å². The smallest absolute Gasteiger partial charge is 0.325 e. The van der Waals surface area contributed by atoms with Crippen LogP contribution in [0.1, 0.15) is 22.7 Å². The van der Waals surface area contributed by atoms with Crippen LogP contribution in [0.15, 0.2) is 53.0 Å². The molecule has 0 unspecified atom stereocenters. The summed E-state index contributed by atoms with van der Waals surface area (Å²) in [6.07, 6.45) is 0. The molecule has 1 atom stereocenters. The fourth-order valence-electron chi connectivity index (χ4n) is 2.30. The fourth-order valence-corrected chi connectivity index (χ4v) is 2.57. The summed E-state index contributed by atoms with van der Waals surface area (Å²) >= 11 is 3.40. The van der Waals surface area contributed by atoms with Crippen LogP contribution in [0.25, 0.3) is 0 Å². The van der Waals surface area contributed by atoms with Gasteiger partial charge in [0.1, 0.15) is 6.04 Å². The van der Waals surface area contributed by atoms with Gasteiger partial charge >= 0.3 is 5.97 Å². The Morgan fingerprint density at radius 1 is 1.14 bits per heavy atom. The Kier molecular flexibility index (Phi) is 5.15. The van der Waals surface area contributed by atoms with E-state index in [0.29, 0.717) is 6.54 Å². The van der Waals surface area contributed by atoms with Crippen molar-refractivity contribution >= 4 is 21.9 Å². The highest BCUT2D eigenvalue weighted by atomic mass is 79.9. The molecule has 0 heterocycles. The third-order valence-corrected chi connectivity index (χ3v) is 3.94. The van der Waals surface area contributed by atoms with Crippen molar-refractivity contribution in [1.82, 2.24) is 4.90 Å². The monoisotopic (exact) mass is 347 g/mol. The van der Waals surface area contributed by atoms with Crippen molar-refractivity contribution < 1.29 is 9.90 Å². The number of hydrogen-bond donors (Lipinski definition) is 1. The van der Waals surface area contributed by atoms with Gasteiger partial charge in [-0.2, -0.15) is 0 Å². The van der Waals surface area contributed by atoms with E-state index in [2.05, 4.69) is 15.9 Å². The average molecular weight is 348 g/mol. The summed E-state index contributed by atoms with van der Waals surface area (Å²) in [4.78, 5) is 13.5. The van der Waals surface area contributed by atoms with E-state index in [-0.39, 0.29) is 0 Å². The molecule has 0 bridgehead atoms. The van der Waals surface area contributed by atoms with Gasteiger partial charge in [0, 0.05) is 11.0 Å². The molecule has 3 nitrogen and oxygen atoms in total. The minimum Gasteiger partial charge on any atom is -0.480 e. The van der Waals surface area contributed by atoms with Gasteiger partial charge < -0.3 is 5.11 Å². The lowest BCUT2D eigenvalue weighted by molar-refractivity contribution is -0.143. The zero-order valence-corrected chi connectivity index (χ0v) is 13.7. The zero-order valence-electron chi connectivity index (χ0n) is 12.1. The second kappa shape index (κ2) is 6.87. The van der Waals surface area contributed by atoms with Crippen LogP contribution in [0.2, 0.25) is 0 Å². The molecule has 0 saturated carbocycles. The van der Waals surface area contributed by atoms with Crippen molar-refractivity contribution in [3.05, 3.63) is 69.7 Å². The van der Waals surface area contributed by atoms with Gasteiger partial charge in [-0.1, -0.05) is 57.9 Å². The second-order valence-corrected chi connectivity index (χ2v) is 6.11. The standard InChI is InChI=1S/C17H18BrNO2/c1-12-3-7-14(8-4-12)16(17(20)21)19(2)11-13-5-9-15(18)10-6-13/h3-10,16H,11H2,1-2H3,(H,20,21)/t16-/m1/s1. The molecule has 0 fully saturated rings.